The van der Waals surface area contributed by atoms with E-state index in [9.17, 15) is 5.11 Å². The zero-order valence-electron chi connectivity index (χ0n) is 9.05. The van der Waals surface area contributed by atoms with Crippen molar-refractivity contribution in [2.24, 2.45) is 5.92 Å². The van der Waals surface area contributed by atoms with Gasteiger partial charge in [0, 0.05) is 13.6 Å². The molecule has 6 heteroatoms. The van der Waals surface area contributed by atoms with Crippen molar-refractivity contribution in [3.63, 3.8) is 0 Å². The summed E-state index contributed by atoms with van der Waals surface area (Å²) in [5.74, 6) is 0.817. The van der Waals surface area contributed by atoms with Crippen LogP contribution in [0.1, 0.15) is 18.4 Å². The lowest BCUT2D eigenvalue weighted by atomic mass is 9.82. The number of aliphatic hydroxyl groups excluding tert-OH is 1. The molecule has 0 radical (unpaired) electrons. The SMILES string of the molecule is CN(CC1CC(O)C1)c1snc(N)c1C#N. The monoisotopic (exact) mass is 238 g/mol. The number of aliphatic hydroxyl groups is 1. The fourth-order valence-electron chi connectivity index (χ4n) is 1.98. The summed E-state index contributed by atoms with van der Waals surface area (Å²) in [4.78, 5) is 2.00. The fourth-order valence-corrected chi connectivity index (χ4v) is 2.71. The first-order chi connectivity index (χ1) is 7.61. The second-order valence-electron chi connectivity index (χ2n) is 4.23. The lowest BCUT2D eigenvalue weighted by molar-refractivity contribution is 0.0465. The molecule has 1 saturated carbocycles. The Kier molecular flexibility index (Phi) is 2.99. The first kappa shape index (κ1) is 11.2. The first-order valence-corrected chi connectivity index (χ1v) is 5.93. The zero-order valence-corrected chi connectivity index (χ0v) is 9.87. The van der Waals surface area contributed by atoms with E-state index in [1.807, 2.05) is 11.9 Å². The zero-order chi connectivity index (χ0) is 11.7. The second kappa shape index (κ2) is 4.28. The number of nitrogen functional groups attached to an aromatic ring is 1. The number of nitriles is 1. The van der Waals surface area contributed by atoms with Crippen LogP contribution in [0.25, 0.3) is 0 Å². The maximum absolute atomic E-state index is 9.21. The summed E-state index contributed by atoms with van der Waals surface area (Å²) in [5, 5.41) is 19.0. The predicted molar refractivity (Wildman–Crippen MR) is 63.2 cm³/mol. The van der Waals surface area contributed by atoms with Gasteiger partial charge in [-0.05, 0) is 30.3 Å². The number of hydrogen-bond donors (Lipinski definition) is 2. The Labute approximate surface area is 98.3 Å². The average Bonchev–Trinajstić information content (AvgIpc) is 2.57. The quantitative estimate of drug-likeness (QED) is 0.813. The first-order valence-electron chi connectivity index (χ1n) is 5.16. The molecule has 1 heterocycles. The minimum Gasteiger partial charge on any atom is -0.393 e. The number of rotatable bonds is 3. The molecule has 0 bridgehead atoms. The van der Waals surface area contributed by atoms with Crippen LogP contribution in [0, 0.1) is 17.2 Å². The molecule has 0 amide bonds. The molecule has 3 N–H and O–H groups in total. The van der Waals surface area contributed by atoms with Crippen molar-refractivity contribution < 1.29 is 5.11 Å². The van der Waals surface area contributed by atoms with E-state index in [4.69, 9.17) is 11.0 Å². The summed E-state index contributed by atoms with van der Waals surface area (Å²) < 4.78 is 3.98. The molecule has 1 fully saturated rings. The summed E-state index contributed by atoms with van der Waals surface area (Å²) in [6, 6.07) is 2.07. The Hall–Kier alpha value is -1.32. The van der Waals surface area contributed by atoms with Gasteiger partial charge >= 0.3 is 0 Å². The lowest BCUT2D eigenvalue weighted by Crippen LogP contribution is -2.37. The number of anilines is 2. The Bertz CT molecular complexity index is 419. The molecule has 1 aromatic rings. The number of hydrogen-bond acceptors (Lipinski definition) is 6. The highest BCUT2D eigenvalue weighted by Gasteiger charge is 2.29. The molecule has 1 aliphatic rings. The van der Waals surface area contributed by atoms with Gasteiger partial charge in [-0.3, -0.25) is 0 Å². The molecule has 1 aromatic heterocycles. The Morgan fingerprint density at radius 1 is 1.69 bits per heavy atom. The fraction of sp³-hybridized carbons (Fsp3) is 0.600. The summed E-state index contributed by atoms with van der Waals surface area (Å²) in [5.41, 5.74) is 6.06. The molecule has 0 aliphatic heterocycles. The Balaban J connectivity index is 2.03. The van der Waals surface area contributed by atoms with Gasteiger partial charge in [0.05, 0.1) is 6.10 Å². The van der Waals surface area contributed by atoms with Gasteiger partial charge in [-0.25, -0.2) is 0 Å². The van der Waals surface area contributed by atoms with Crippen LogP contribution in [-0.4, -0.2) is 29.2 Å². The van der Waals surface area contributed by atoms with Crippen LogP contribution in [0.4, 0.5) is 10.8 Å². The van der Waals surface area contributed by atoms with E-state index >= 15 is 0 Å². The van der Waals surface area contributed by atoms with Crippen molar-refractivity contribution in [3.05, 3.63) is 5.56 Å². The van der Waals surface area contributed by atoms with Crippen LogP contribution >= 0.6 is 11.5 Å². The van der Waals surface area contributed by atoms with Gasteiger partial charge in [0.25, 0.3) is 0 Å². The van der Waals surface area contributed by atoms with Crippen molar-refractivity contribution in [2.75, 3.05) is 24.2 Å². The molecule has 2 rings (SSSR count). The van der Waals surface area contributed by atoms with Crippen molar-refractivity contribution in [1.82, 2.24) is 4.37 Å². The van der Waals surface area contributed by atoms with Crippen molar-refractivity contribution in [1.29, 1.82) is 5.26 Å². The van der Waals surface area contributed by atoms with E-state index in [0.29, 0.717) is 17.3 Å². The standard InChI is InChI=1S/C10H14N4OS/c1-14(5-6-2-7(15)3-6)10-8(4-11)9(12)13-16-10/h6-7,15H,2-3,5H2,1H3,(H2,12,13). The molecule has 86 valence electrons. The van der Waals surface area contributed by atoms with E-state index in [1.54, 1.807) is 0 Å². The largest absolute Gasteiger partial charge is 0.393 e. The van der Waals surface area contributed by atoms with Crippen LogP contribution in [-0.2, 0) is 0 Å². The summed E-state index contributed by atoms with van der Waals surface area (Å²) in [7, 11) is 1.93. The van der Waals surface area contributed by atoms with Gasteiger partial charge in [0.2, 0.25) is 0 Å². The van der Waals surface area contributed by atoms with Crippen LogP contribution in [0.2, 0.25) is 0 Å². The molecule has 0 spiro atoms. The topological polar surface area (TPSA) is 86.2 Å². The van der Waals surface area contributed by atoms with E-state index < -0.39 is 0 Å². The lowest BCUT2D eigenvalue weighted by Gasteiger charge is -2.34. The second-order valence-corrected chi connectivity index (χ2v) is 4.98. The highest BCUT2D eigenvalue weighted by Crippen LogP contribution is 2.33. The molecule has 0 atom stereocenters. The maximum atomic E-state index is 9.21. The average molecular weight is 238 g/mol. The van der Waals surface area contributed by atoms with Gasteiger partial charge in [0.1, 0.15) is 16.6 Å². The van der Waals surface area contributed by atoms with E-state index in [1.165, 1.54) is 11.5 Å². The van der Waals surface area contributed by atoms with Crippen LogP contribution in [0.5, 0.6) is 0 Å². The van der Waals surface area contributed by atoms with Gasteiger partial charge in [-0.2, -0.15) is 9.64 Å². The minimum atomic E-state index is -0.139. The molecule has 0 aromatic carbocycles. The van der Waals surface area contributed by atoms with E-state index in [0.717, 1.165) is 24.4 Å². The third-order valence-corrected chi connectivity index (χ3v) is 3.88. The van der Waals surface area contributed by atoms with Gasteiger partial charge in [-0.15, -0.1) is 0 Å². The van der Waals surface area contributed by atoms with Crippen molar-refractivity contribution in [2.45, 2.75) is 18.9 Å². The van der Waals surface area contributed by atoms with Gasteiger partial charge < -0.3 is 15.7 Å². The van der Waals surface area contributed by atoms with Crippen molar-refractivity contribution in [3.8, 4) is 6.07 Å². The highest BCUT2D eigenvalue weighted by molar-refractivity contribution is 7.10. The predicted octanol–water partition coefficient (Wildman–Crippen LogP) is 0.804. The van der Waals surface area contributed by atoms with Gasteiger partial charge in [0.15, 0.2) is 5.82 Å². The molecule has 0 unspecified atom stereocenters. The number of nitrogens with zero attached hydrogens (tertiary/aromatic N) is 3. The van der Waals surface area contributed by atoms with Crippen LogP contribution in [0.3, 0.4) is 0 Å². The summed E-state index contributed by atoms with van der Waals surface area (Å²) >= 11 is 1.25. The Morgan fingerprint density at radius 3 is 2.94 bits per heavy atom. The van der Waals surface area contributed by atoms with Gasteiger partial charge in [-0.1, -0.05) is 0 Å². The van der Waals surface area contributed by atoms with E-state index in [-0.39, 0.29) is 6.10 Å². The maximum Gasteiger partial charge on any atom is 0.157 e. The van der Waals surface area contributed by atoms with Crippen molar-refractivity contribution >= 4 is 22.4 Å². The molecular formula is C10H14N4OS. The normalized spacial score (nSPS) is 23.6. The molecule has 16 heavy (non-hydrogen) atoms. The summed E-state index contributed by atoms with van der Waals surface area (Å²) in [6.07, 6.45) is 1.56. The number of nitrogens with two attached hydrogens (primary N) is 1. The van der Waals surface area contributed by atoms with Crippen LogP contribution < -0.4 is 10.6 Å². The third kappa shape index (κ3) is 1.96. The third-order valence-electron chi connectivity index (χ3n) is 2.90. The summed E-state index contributed by atoms with van der Waals surface area (Å²) in [6.45, 7) is 0.841. The highest BCUT2D eigenvalue weighted by atomic mass is 32.1. The minimum absolute atomic E-state index is 0.139. The number of aromatic nitrogens is 1. The Morgan fingerprint density at radius 2 is 2.38 bits per heavy atom. The smallest absolute Gasteiger partial charge is 0.157 e. The molecule has 0 saturated heterocycles. The molecule has 5 nitrogen and oxygen atoms in total. The van der Waals surface area contributed by atoms with E-state index in [2.05, 4.69) is 10.4 Å². The molecule has 1 aliphatic carbocycles. The van der Waals surface area contributed by atoms with Crippen LogP contribution in [0.15, 0.2) is 0 Å². The molecular weight excluding hydrogens is 224 g/mol.